The van der Waals surface area contributed by atoms with Crippen LogP contribution < -0.4 is 0 Å². The minimum absolute atomic E-state index is 0.115. The molecule has 0 fully saturated rings. The first kappa shape index (κ1) is 14.5. The van der Waals surface area contributed by atoms with Crippen molar-refractivity contribution < 1.29 is 14.8 Å². The average Bonchev–Trinajstić information content (AvgIpc) is 2.49. The van der Waals surface area contributed by atoms with E-state index >= 15 is 0 Å². The Balaban J connectivity index is 0.000000861. The fourth-order valence-electron chi connectivity index (χ4n) is 1.57. The van der Waals surface area contributed by atoms with Gasteiger partial charge in [-0.3, -0.25) is 14.9 Å². The van der Waals surface area contributed by atoms with Crippen LogP contribution in [0.15, 0.2) is 54.6 Å². The van der Waals surface area contributed by atoms with E-state index in [-0.39, 0.29) is 17.0 Å². The fraction of sp³-hybridized carbons (Fsp3) is 0.0714. The van der Waals surface area contributed by atoms with Gasteiger partial charge in [-0.25, -0.2) is 0 Å². The second-order valence-electron chi connectivity index (χ2n) is 3.47. The van der Waals surface area contributed by atoms with Crippen molar-refractivity contribution in [3.05, 3.63) is 75.8 Å². The van der Waals surface area contributed by atoms with E-state index in [1.54, 1.807) is 42.5 Å². The highest BCUT2D eigenvalue weighted by Crippen LogP contribution is 2.20. The minimum atomic E-state index is -0.545. The molecule has 0 aromatic heterocycles. The lowest BCUT2D eigenvalue weighted by Gasteiger charge is -2.01. The Morgan fingerprint density at radius 1 is 1.00 bits per heavy atom. The number of ketones is 1. The Bertz CT molecular complexity index is 567. The summed E-state index contributed by atoms with van der Waals surface area (Å²) < 4.78 is 0. The third-order valence-electron chi connectivity index (χ3n) is 2.38. The van der Waals surface area contributed by atoms with E-state index in [1.165, 1.54) is 12.1 Å². The lowest BCUT2D eigenvalue weighted by Crippen LogP contribution is -2.04. The van der Waals surface area contributed by atoms with Gasteiger partial charge < -0.3 is 5.11 Å². The van der Waals surface area contributed by atoms with Gasteiger partial charge in [-0.1, -0.05) is 42.5 Å². The van der Waals surface area contributed by atoms with E-state index in [0.717, 1.165) is 7.11 Å². The Morgan fingerprint density at radius 2 is 1.53 bits per heavy atom. The van der Waals surface area contributed by atoms with Crippen LogP contribution in [0.25, 0.3) is 0 Å². The molecule has 0 spiro atoms. The van der Waals surface area contributed by atoms with Crippen molar-refractivity contribution in [3.8, 4) is 0 Å². The molecule has 0 saturated heterocycles. The molecule has 0 aliphatic heterocycles. The van der Waals surface area contributed by atoms with Gasteiger partial charge in [0, 0.05) is 18.7 Å². The number of para-hydroxylation sites is 1. The van der Waals surface area contributed by atoms with Gasteiger partial charge in [-0.2, -0.15) is 0 Å². The predicted molar refractivity (Wildman–Crippen MR) is 71.1 cm³/mol. The molecule has 19 heavy (non-hydrogen) atoms. The quantitative estimate of drug-likeness (QED) is 0.521. The summed E-state index contributed by atoms with van der Waals surface area (Å²) in [4.78, 5) is 22.3. The molecule has 0 saturated carbocycles. The van der Waals surface area contributed by atoms with Crippen LogP contribution in [0.4, 0.5) is 5.69 Å². The normalized spacial score (nSPS) is 9.16. The summed E-state index contributed by atoms with van der Waals surface area (Å²) in [6.45, 7) is 0. The van der Waals surface area contributed by atoms with Crippen molar-refractivity contribution in [1.82, 2.24) is 0 Å². The fourth-order valence-corrected chi connectivity index (χ4v) is 1.57. The summed E-state index contributed by atoms with van der Waals surface area (Å²) >= 11 is 0. The second kappa shape index (κ2) is 7.03. The molecule has 2 aromatic carbocycles. The average molecular weight is 259 g/mol. The zero-order valence-electron chi connectivity index (χ0n) is 10.3. The van der Waals surface area contributed by atoms with Crippen molar-refractivity contribution in [3.63, 3.8) is 0 Å². The SMILES string of the molecule is CO.O=C(c1ccccc1)c1ccccc1[N+](=O)[O-]. The van der Waals surface area contributed by atoms with Crippen LogP contribution >= 0.6 is 0 Å². The highest BCUT2D eigenvalue weighted by molar-refractivity contribution is 6.11. The number of carbonyl (C=O) groups excluding carboxylic acids is 1. The van der Waals surface area contributed by atoms with Crippen LogP contribution in [0, 0.1) is 10.1 Å². The van der Waals surface area contributed by atoms with E-state index < -0.39 is 4.92 Å². The van der Waals surface area contributed by atoms with Crippen molar-refractivity contribution in [2.24, 2.45) is 0 Å². The third-order valence-corrected chi connectivity index (χ3v) is 2.38. The van der Waals surface area contributed by atoms with Crippen LogP contribution in [0.1, 0.15) is 15.9 Å². The largest absolute Gasteiger partial charge is 0.400 e. The summed E-state index contributed by atoms with van der Waals surface area (Å²) in [7, 11) is 1.00. The molecule has 0 bridgehead atoms. The topological polar surface area (TPSA) is 80.4 Å². The van der Waals surface area contributed by atoms with Gasteiger partial charge in [-0.15, -0.1) is 0 Å². The van der Waals surface area contributed by atoms with E-state index in [9.17, 15) is 14.9 Å². The number of carbonyl (C=O) groups is 1. The van der Waals surface area contributed by atoms with E-state index in [4.69, 9.17) is 5.11 Å². The molecule has 0 amide bonds. The van der Waals surface area contributed by atoms with Crippen molar-refractivity contribution in [2.45, 2.75) is 0 Å². The molecule has 0 aliphatic rings. The van der Waals surface area contributed by atoms with Crippen molar-refractivity contribution >= 4 is 11.5 Å². The van der Waals surface area contributed by atoms with Crippen LogP contribution in [0.2, 0.25) is 0 Å². The molecule has 0 heterocycles. The van der Waals surface area contributed by atoms with Crippen LogP contribution in [0.3, 0.4) is 0 Å². The predicted octanol–water partition coefficient (Wildman–Crippen LogP) is 2.43. The Morgan fingerprint density at radius 3 is 2.11 bits per heavy atom. The van der Waals surface area contributed by atoms with E-state index in [1.807, 2.05) is 0 Å². The minimum Gasteiger partial charge on any atom is -0.400 e. The van der Waals surface area contributed by atoms with Gasteiger partial charge >= 0.3 is 0 Å². The number of benzene rings is 2. The zero-order chi connectivity index (χ0) is 14.3. The van der Waals surface area contributed by atoms with E-state index in [0.29, 0.717) is 5.56 Å². The number of nitrogens with zero attached hydrogens (tertiary/aromatic N) is 1. The summed E-state index contributed by atoms with van der Waals surface area (Å²) in [6, 6.07) is 14.5. The maximum absolute atomic E-state index is 12.1. The third kappa shape index (κ3) is 3.46. The maximum atomic E-state index is 12.1. The van der Waals surface area contributed by atoms with E-state index in [2.05, 4.69) is 0 Å². The number of nitro groups is 1. The van der Waals surface area contributed by atoms with Gasteiger partial charge in [0.1, 0.15) is 5.56 Å². The van der Waals surface area contributed by atoms with Gasteiger partial charge in [0.15, 0.2) is 5.78 Å². The number of hydrogen-bond acceptors (Lipinski definition) is 4. The summed E-state index contributed by atoms with van der Waals surface area (Å²) in [5.41, 5.74) is 0.395. The summed E-state index contributed by atoms with van der Waals surface area (Å²) in [6.07, 6.45) is 0. The van der Waals surface area contributed by atoms with Crippen LogP contribution in [0.5, 0.6) is 0 Å². The lowest BCUT2D eigenvalue weighted by atomic mass is 10.0. The lowest BCUT2D eigenvalue weighted by molar-refractivity contribution is -0.385. The summed E-state index contributed by atoms with van der Waals surface area (Å²) in [5, 5.41) is 17.8. The zero-order valence-corrected chi connectivity index (χ0v) is 10.3. The number of aliphatic hydroxyl groups excluding tert-OH is 1. The van der Waals surface area contributed by atoms with Crippen LogP contribution in [-0.4, -0.2) is 22.9 Å². The molecular weight excluding hydrogens is 246 g/mol. The highest BCUT2D eigenvalue weighted by atomic mass is 16.6. The molecule has 5 nitrogen and oxygen atoms in total. The molecule has 2 rings (SSSR count). The van der Waals surface area contributed by atoms with Gasteiger partial charge in [0.2, 0.25) is 0 Å². The second-order valence-corrected chi connectivity index (χ2v) is 3.47. The number of aliphatic hydroxyl groups is 1. The molecule has 0 aliphatic carbocycles. The first-order chi connectivity index (χ1) is 9.20. The van der Waals surface area contributed by atoms with Crippen molar-refractivity contribution in [1.29, 1.82) is 0 Å². The number of nitro benzene ring substituents is 1. The Kier molecular flexibility index (Phi) is 5.37. The van der Waals surface area contributed by atoms with Gasteiger partial charge in [0.25, 0.3) is 5.69 Å². The summed E-state index contributed by atoms with van der Waals surface area (Å²) in [5.74, 6) is -0.335. The maximum Gasteiger partial charge on any atom is 0.280 e. The monoisotopic (exact) mass is 259 g/mol. The molecule has 1 N–H and O–H groups in total. The molecule has 0 atom stereocenters. The number of hydrogen-bond donors (Lipinski definition) is 1. The Labute approximate surface area is 110 Å². The molecule has 2 aromatic rings. The van der Waals surface area contributed by atoms with Crippen molar-refractivity contribution in [2.75, 3.05) is 7.11 Å². The molecule has 0 radical (unpaired) electrons. The van der Waals surface area contributed by atoms with Crippen LogP contribution in [-0.2, 0) is 0 Å². The van der Waals surface area contributed by atoms with Gasteiger partial charge in [-0.05, 0) is 6.07 Å². The highest BCUT2D eigenvalue weighted by Gasteiger charge is 2.19. The molecule has 0 unspecified atom stereocenters. The number of rotatable bonds is 3. The first-order valence-electron chi connectivity index (χ1n) is 5.48. The molecular formula is C14H13NO4. The smallest absolute Gasteiger partial charge is 0.280 e. The Hall–Kier alpha value is -2.53. The molecule has 5 heteroatoms. The molecule has 98 valence electrons. The first-order valence-corrected chi connectivity index (χ1v) is 5.48. The van der Waals surface area contributed by atoms with Gasteiger partial charge in [0.05, 0.1) is 4.92 Å². The standard InChI is InChI=1S/C13H9NO3.CH4O/c15-13(10-6-2-1-3-7-10)11-8-4-5-9-12(11)14(16)17;1-2/h1-9H;2H,1H3.